The summed E-state index contributed by atoms with van der Waals surface area (Å²) >= 11 is 0. The van der Waals surface area contributed by atoms with Crippen molar-refractivity contribution in [3.63, 3.8) is 0 Å². The Morgan fingerprint density at radius 3 is 2.21 bits per heavy atom. The molecule has 1 aliphatic carbocycles. The van der Waals surface area contributed by atoms with Crippen molar-refractivity contribution in [3.8, 4) is 11.3 Å². The minimum absolute atomic E-state index is 0.0707. The van der Waals surface area contributed by atoms with E-state index in [1.807, 2.05) is 60.7 Å². The first-order chi connectivity index (χ1) is 11.8. The lowest BCUT2D eigenvalue weighted by atomic mass is 9.94. The minimum atomic E-state index is 0.0707. The van der Waals surface area contributed by atoms with Gasteiger partial charge < -0.3 is 4.42 Å². The van der Waals surface area contributed by atoms with E-state index in [4.69, 9.17) is 4.42 Å². The fourth-order valence-electron chi connectivity index (χ4n) is 3.51. The van der Waals surface area contributed by atoms with Gasteiger partial charge in [0.15, 0.2) is 5.78 Å². The minimum Gasteiger partial charge on any atom is -0.460 e. The van der Waals surface area contributed by atoms with Crippen LogP contribution >= 0.6 is 0 Å². The SMILES string of the molecule is O=C(c1ccccc1)c1c(-c2ccccc2)oc2c1CCCCC2. The van der Waals surface area contributed by atoms with Crippen LogP contribution in [0.15, 0.2) is 65.1 Å². The van der Waals surface area contributed by atoms with Gasteiger partial charge in [-0.3, -0.25) is 4.79 Å². The molecule has 0 N–H and O–H groups in total. The summed E-state index contributed by atoms with van der Waals surface area (Å²) in [5, 5.41) is 0. The number of hydrogen-bond acceptors (Lipinski definition) is 2. The Hall–Kier alpha value is -2.61. The van der Waals surface area contributed by atoms with Gasteiger partial charge in [0.05, 0.1) is 5.56 Å². The molecule has 3 aromatic rings. The Bertz CT molecular complexity index is 844. The third-order valence-corrected chi connectivity index (χ3v) is 4.72. The largest absolute Gasteiger partial charge is 0.460 e. The number of carbonyl (C=O) groups is 1. The summed E-state index contributed by atoms with van der Waals surface area (Å²) in [6, 6.07) is 19.5. The molecule has 1 heterocycles. The predicted molar refractivity (Wildman–Crippen MR) is 95.3 cm³/mol. The summed E-state index contributed by atoms with van der Waals surface area (Å²) in [6.45, 7) is 0. The molecule has 4 rings (SSSR count). The molecule has 0 atom stereocenters. The molecular formula is C22H20O2. The summed E-state index contributed by atoms with van der Waals surface area (Å²) in [5.41, 5.74) is 3.59. The van der Waals surface area contributed by atoms with Crippen LogP contribution in [0.5, 0.6) is 0 Å². The van der Waals surface area contributed by atoms with E-state index in [9.17, 15) is 4.79 Å². The van der Waals surface area contributed by atoms with Crippen molar-refractivity contribution in [1.82, 2.24) is 0 Å². The van der Waals surface area contributed by atoms with Crippen molar-refractivity contribution < 1.29 is 9.21 Å². The van der Waals surface area contributed by atoms with Gasteiger partial charge in [0.1, 0.15) is 11.5 Å². The van der Waals surface area contributed by atoms with Crippen molar-refractivity contribution in [2.45, 2.75) is 32.1 Å². The number of furan rings is 1. The molecule has 0 aliphatic heterocycles. The van der Waals surface area contributed by atoms with Crippen LogP contribution in [0.3, 0.4) is 0 Å². The van der Waals surface area contributed by atoms with E-state index < -0.39 is 0 Å². The van der Waals surface area contributed by atoms with E-state index in [-0.39, 0.29) is 5.78 Å². The van der Waals surface area contributed by atoms with Crippen LogP contribution in [0, 0.1) is 0 Å². The number of hydrogen-bond donors (Lipinski definition) is 0. The van der Waals surface area contributed by atoms with E-state index in [0.29, 0.717) is 0 Å². The van der Waals surface area contributed by atoms with Gasteiger partial charge in [-0.2, -0.15) is 0 Å². The highest BCUT2D eigenvalue weighted by molar-refractivity contribution is 6.13. The number of carbonyl (C=O) groups excluding carboxylic acids is 1. The monoisotopic (exact) mass is 316 g/mol. The van der Waals surface area contributed by atoms with Gasteiger partial charge in [0, 0.05) is 23.1 Å². The summed E-state index contributed by atoms with van der Waals surface area (Å²) in [7, 11) is 0. The molecule has 0 spiro atoms. The second kappa shape index (κ2) is 6.48. The van der Waals surface area contributed by atoms with Gasteiger partial charge in [0.2, 0.25) is 0 Å². The number of rotatable bonds is 3. The molecule has 0 unspecified atom stereocenters. The van der Waals surface area contributed by atoms with Crippen LogP contribution in [-0.2, 0) is 12.8 Å². The third kappa shape index (κ3) is 2.69. The van der Waals surface area contributed by atoms with Crippen molar-refractivity contribution >= 4 is 5.78 Å². The average Bonchev–Trinajstić information content (AvgIpc) is 2.85. The lowest BCUT2D eigenvalue weighted by Crippen LogP contribution is -2.05. The summed E-state index contributed by atoms with van der Waals surface area (Å²) in [5.74, 6) is 1.81. The Balaban J connectivity index is 1.90. The lowest BCUT2D eigenvalue weighted by molar-refractivity contribution is 0.103. The van der Waals surface area contributed by atoms with Gasteiger partial charge in [0.25, 0.3) is 0 Å². The maximum Gasteiger partial charge on any atom is 0.197 e. The first kappa shape index (κ1) is 14.9. The molecule has 1 aromatic heterocycles. The molecule has 2 heteroatoms. The van der Waals surface area contributed by atoms with Crippen LogP contribution in [0.4, 0.5) is 0 Å². The van der Waals surface area contributed by atoms with Crippen LogP contribution < -0.4 is 0 Å². The lowest BCUT2D eigenvalue weighted by Gasteiger charge is -2.06. The Kier molecular flexibility index (Phi) is 4.04. The molecule has 1 aliphatic rings. The molecule has 0 saturated carbocycles. The fourth-order valence-corrected chi connectivity index (χ4v) is 3.51. The first-order valence-corrected chi connectivity index (χ1v) is 8.64. The quantitative estimate of drug-likeness (QED) is 0.475. The van der Waals surface area contributed by atoms with Crippen LogP contribution in [0.2, 0.25) is 0 Å². The molecule has 0 bridgehead atoms. The topological polar surface area (TPSA) is 30.2 Å². The van der Waals surface area contributed by atoms with E-state index in [0.717, 1.165) is 59.5 Å². The molecule has 2 nitrogen and oxygen atoms in total. The van der Waals surface area contributed by atoms with Crippen molar-refractivity contribution in [3.05, 3.63) is 83.1 Å². The summed E-state index contributed by atoms with van der Waals surface area (Å²) in [6.07, 6.45) is 5.31. The second-order valence-corrected chi connectivity index (χ2v) is 6.33. The van der Waals surface area contributed by atoms with Gasteiger partial charge in [-0.25, -0.2) is 0 Å². The zero-order chi connectivity index (χ0) is 16.4. The molecule has 0 saturated heterocycles. The zero-order valence-corrected chi connectivity index (χ0v) is 13.6. The predicted octanol–water partition coefficient (Wildman–Crippen LogP) is 5.45. The number of aryl methyl sites for hydroxylation is 1. The molecular weight excluding hydrogens is 296 g/mol. The molecule has 0 amide bonds. The van der Waals surface area contributed by atoms with E-state index >= 15 is 0 Å². The second-order valence-electron chi connectivity index (χ2n) is 6.33. The summed E-state index contributed by atoms with van der Waals surface area (Å²) in [4.78, 5) is 13.2. The Morgan fingerprint density at radius 1 is 0.792 bits per heavy atom. The van der Waals surface area contributed by atoms with E-state index in [1.54, 1.807) is 0 Å². The van der Waals surface area contributed by atoms with Crippen LogP contribution in [0.25, 0.3) is 11.3 Å². The Labute approximate surface area is 142 Å². The maximum absolute atomic E-state index is 13.2. The fraction of sp³-hybridized carbons (Fsp3) is 0.227. The van der Waals surface area contributed by atoms with Gasteiger partial charge >= 0.3 is 0 Å². The zero-order valence-electron chi connectivity index (χ0n) is 13.6. The summed E-state index contributed by atoms with van der Waals surface area (Å²) < 4.78 is 6.23. The highest BCUT2D eigenvalue weighted by Gasteiger charge is 2.27. The smallest absolute Gasteiger partial charge is 0.197 e. The number of ketones is 1. The number of benzene rings is 2. The van der Waals surface area contributed by atoms with E-state index in [2.05, 4.69) is 0 Å². The van der Waals surface area contributed by atoms with Crippen LogP contribution in [0.1, 0.15) is 46.5 Å². The molecule has 0 fully saturated rings. The van der Waals surface area contributed by atoms with Crippen molar-refractivity contribution in [1.29, 1.82) is 0 Å². The number of fused-ring (bicyclic) bond motifs is 1. The standard InChI is InChI=1S/C22H20O2/c23-21(16-10-4-1-5-11-16)20-18-14-8-3-9-15-19(18)24-22(20)17-12-6-2-7-13-17/h1-2,4-7,10-13H,3,8-9,14-15H2. The van der Waals surface area contributed by atoms with Gasteiger partial charge in [-0.15, -0.1) is 0 Å². The molecule has 120 valence electrons. The normalized spacial score (nSPS) is 14.0. The average molecular weight is 316 g/mol. The maximum atomic E-state index is 13.2. The molecule has 2 aromatic carbocycles. The first-order valence-electron chi connectivity index (χ1n) is 8.64. The van der Waals surface area contributed by atoms with E-state index in [1.165, 1.54) is 6.42 Å². The van der Waals surface area contributed by atoms with Gasteiger partial charge in [-0.1, -0.05) is 67.1 Å². The Morgan fingerprint density at radius 2 is 1.46 bits per heavy atom. The van der Waals surface area contributed by atoms with Crippen molar-refractivity contribution in [2.75, 3.05) is 0 Å². The van der Waals surface area contributed by atoms with Gasteiger partial charge in [-0.05, 0) is 19.3 Å². The van der Waals surface area contributed by atoms with Crippen molar-refractivity contribution in [2.24, 2.45) is 0 Å². The third-order valence-electron chi connectivity index (χ3n) is 4.72. The van der Waals surface area contributed by atoms with Crippen LogP contribution in [-0.4, -0.2) is 5.78 Å². The highest BCUT2D eigenvalue weighted by Crippen LogP contribution is 2.36. The molecule has 24 heavy (non-hydrogen) atoms. The highest BCUT2D eigenvalue weighted by atomic mass is 16.3. The molecule has 0 radical (unpaired) electrons.